The van der Waals surface area contributed by atoms with Crippen molar-refractivity contribution in [2.24, 2.45) is 0 Å². The maximum atomic E-state index is 5.61. The molecule has 1 N–H and O–H groups in total. The first kappa shape index (κ1) is 10.4. The van der Waals surface area contributed by atoms with Crippen molar-refractivity contribution in [3.63, 3.8) is 0 Å². The molecule has 15 heavy (non-hydrogen) atoms. The lowest BCUT2D eigenvalue weighted by molar-refractivity contribution is 0.0995. The Balaban J connectivity index is 1.95. The predicted octanol–water partition coefficient (Wildman–Crippen LogP) is 1.76. The SMILES string of the molecule is Cc1cnnc(NC(C)C2CCCO2)c1. The summed E-state index contributed by atoms with van der Waals surface area (Å²) >= 11 is 0. The van der Waals surface area contributed by atoms with Crippen molar-refractivity contribution in [2.75, 3.05) is 11.9 Å². The summed E-state index contributed by atoms with van der Waals surface area (Å²) in [5.41, 5.74) is 1.12. The van der Waals surface area contributed by atoms with Crippen molar-refractivity contribution in [3.8, 4) is 0 Å². The standard InChI is InChI=1S/C11H17N3O/c1-8-6-11(14-12-7-8)13-9(2)10-4-3-5-15-10/h6-7,9-10H,3-5H2,1-2H3,(H,13,14). The van der Waals surface area contributed by atoms with Crippen molar-refractivity contribution < 1.29 is 4.74 Å². The van der Waals surface area contributed by atoms with Gasteiger partial charge in [-0.1, -0.05) is 0 Å². The summed E-state index contributed by atoms with van der Waals surface area (Å²) in [7, 11) is 0. The zero-order valence-electron chi connectivity index (χ0n) is 9.23. The van der Waals surface area contributed by atoms with Crippen LogP contribution >= 0.6 is 0 Å². The molecule has 1 aliphatic heterocycles. The molecule has 2 rings (SSSR count). The predicted molar refractivity (Wildman–Crippen MR) is 58.8 cm³/mol. The number of ether oxygens (including phenoxy) is 1. The van der Waals surface area contributed by atoms with Crippen LogP contribution in [0.4, 0.5) is 5.82 Å². The molecule has 0 radical (unpaired) electrons. The number of aromatic nitrogens is 2. The summed E-state index contributed by atoms with van der Waals surface area (Å²) in [5, 5.41) is 11.3. The molecular formula is C11H17N3O. The Morgan fingerprint density at radius 3 is 3.13 bits per heavy atom. The van der Waals surface area contributed by atoms with Gasteiger partial charge in [0.25, 0.3) is 0 Å². The molecule has 2 unspecified atom stereocenters. The zero-order valence-corrected chi connectivity index (χ0v) is 9.23. The smallest absolute Gasteiger partial charge is 0.149 e. The average molecular weight is 207 g/mol. The van der Waals surface area contributed by atoms with Crippen LogP contribution in [-0.4, -0.2) is 29.0 Å². The highest BCUT2D eigenvalue weighted by atomic mass is 16.5. The molecule has 1 fully saturated rings. The largest absolute Gasteiger partial charge is 0.376 e. The molecular weight excluding hydrogens is 190 g/mol. The number of hydrogen-bond donors (Lipinski definition) is 1. The highest BCUT2D eigenvalue weighted by Gasteiger charge is 2.22. The lowest BCUT2D eigenvalue weighted by Gasteiger charge is -2.20. The number of anilines is 1. The van der Waals surface area contributed by atoms with E-state index in [4.69, 9.17) is 4.74 Å². The van der Waals surface area contributed by atoms with E-state index in [0.717, 1.165) is 30.8 Å². The summed E-state index contributed by atoms with van der Waals surface area (Å²) in [6.45, 7) is 5.02. The van der Waals surface area contributed by atoms with Crippen LogP contribution in [0.15, 0.2) is 12.3 Å². The van der Waals surface area contributed by atoms with Crippen LogP contribution in [0.1, 0.15) is 25.3 Å². The van der Waals surface area contributed by atoms with Gasteiger partial charge in [0, 0.05) is 6.61 Å². The number of rotatable bonds is 3. The lowest BCUT2D eigenvalue weighted by Crippen LogP contribution is -2.30. The Kier molecular flexibility index (Phi) is 3.16. The molecule has 2 heterocycles. The minimum atomic E-state index is 0.295. The van der Waals surface area contributed by atoms with Crippen LogP contribution in [-0.2, 0) is 4.74 Å². The first-order valence-electron chi connectivity index (χ1n) is 5.43. The molecule has 1 aromatic rings. The van der Waals surface area contributed by atoms with Crippen molar-refractivity contribution in [3.05, 3.63) is 17.8 Å². The second-order valence-corrected chi connectivity index (χ2v) is 4.10. The first-order valence-corrected chi connectivity index (χ1v) is 5.43. The summed E-state index contributed by atoms with van der Waals surface area (Å²) in [6.07, 6.45) is 4.36. The van der Waals surface area contributed by atoms with Crippen molar-refractivity contribution in [1.29, 1.82) is 0 Å². The zero-order chi connectivity index (χ0) is 10.7. The second kappa shape index (κ2) is 4.57. The van der Waals surface area contributed by atoms with Crippen LogP contribution in [0.5, 0.6) is 0 Å². The number of nitrogens with zero attached hydrogens (tertiary/aromatic N) is 2. The number of aryl methyl sites for hydroxylation is 1. The van der Waals surface area contributed by atoms with E-state index in [0.29, 0.717) is 12.1 Å². The van der Waals surface area contributed by atoms with E-state index in [9.17, 15) is 0 Å². The van der Waals surface area contributed by atoms with Crippen LogP contribution in [0, 0.1) is 6.92 Å². The quantitative estimate of drug-likeness (QED) is 0.820. The maximum Gasteiger partial charge on any atom is 0.149 e. The van der Waals surface area contributed by atoms with Gasteiger partial charge in [-0.3, -0.25) is 0 Å². The van der Waals surface area contributed by atoms with Gasteiger partial charge < -0.3 is 10.1 Å². The van der Waals surface area contributed by atoms with Crippen molar-refractivity contribution >= 4 is 5.82 Å². The Labute approximate surface area is 90.1 Å². The topological polar surface area (TPSA) is 47.0 Å². The van der Waals surface area contributed by atoms with Gasteiger partial charge >= 0.3 is 0 Å². The molecule has 82 valence electrons. The Morgan fingerprint density at radius 2 is 2.47 bits per heavy atom. The first-order chi connectivity index (χ1) is 7.25. The molecule has 0 aliphatic carbocycles. The third kappa shape index (κ3) is 2.65. The van der Waals surface area contributed by atoms with E-state index < -0.39 is 0 Å². The lowest BCUT2D eigenvalue weighted by atomic mass is 10.1. The maximum absolute atomic E-state index is 5.61. The molecule has 1 saturated heterocycles. The highest BCUT2D eigenvalue weighted by Crippen LogP contribution is 2.18. The van der Waals surface area contributed by atoms with Crippen LogP contribution in [0.25, 0.3) is 0 Å². The fraction of sp³-hybridized carbons (Fsp3) is 0.636. The van der Waals surface area contributed by atoms with Gasteiger partial charge in [-0.05, 0) is 38.3 Å². The fourth-order valence-electron chi connectivity index (χ4n) is 1.86. The Morgan fingerprint density at radius 1 is 1.60 bits per heavy atom. The van der Waals surface area contributed by atoms with E-state index in [2.05, 4.69) is 22.4 Å². The summed E-state index contributed by atoms with van der Waals surface area (Å²) in [5.74, 6) is 0.831. The van der Waals surface area contributed by atoms with Crippen LogP contribution in [0.2, 0.25) is 0 Å². The minimum Gasteiger partial charge on any atom is -0.376 e. The van der Waals surface area contributed by atoms with Gasteiger partial charge in [0.2, 0.25) is 0 Å². The van der Waals surface area contributed by atoms with Crippen LogP contribution in [0.3, 0.4) is 0 Å². The minimum absolute atomic E-state index is 0.295. The highest BCUT2D eigenvalue weighted by molar-refractivity contribution is 5.36. The third-order valence-electron chi connectivity index (χ3n) is 2.69. The monoisotopic (exact) mass is 207 g/mol. The van der Waals surface area contributed by atoms with Gasteiger partial charge in [-0.2, -0.15) is 5.10 Å². The average Bonchev–Trinajstić information content (AvgIpc) is 2.70. The normalized spacial score (nSPS) is 22.7. The Bertz CT molecular complexity index is 323. The van der Waals surface area contributed by atoms with Crippen LogP contribution < -0.4 is 5.32 Å². The Hall–Kier alpha value is -1.16. The second-order valence-electron chi connectivity index (χ2n) is 4.10. The molecule has 4 heteroatoms. The molecule has 0 bridgehead atoms. The van der Waals surface area contributed by atoms with Crippen molar-refractivity contribution in [1.82, 2.24) is 10.2 Å². The molecule has 0 saturated carbocycles. The molecule has 0 spiro atoms. The van der Waals surface area contributed by atoms with E-state index in [-0.39, 0.29) is 0 Å². The van der Waals surface area contributed by atoms with Gasteiger partial charge in [-0.25, -0.2) is 0 Å². The van der Waals surface area contributed by atoms with E-state index in [1.807, 2.05) is 13.0 Å². The van der Waals surface area contributed by atoms with Gasteiger partial charge in [0.1, 0.15) is 5.82 Å². The molecule has 1 aliphatic rings. The van der Waals surface area contributed by atoms with Gasteiger partial charge in [-0.15, -0.1) is 5.10 Å². The fourth-order valence-corrected chi connectivity index (χ4v) is 1.86. The van der Waals surface area contributed by atoms with E-state index in [1.165, 1.54) is 0 Å². The summed E-state index contributed by atoms with van der Waals surface area (Å²) < 4.78 is 5.61. The molecule has 4 nitrogen and oxygen atoms in total. The number of nitrogens with one attached hydrogen (secondary N) is 1. The van der Waals surface area contributed by atoms with Crippen molar-refractivity contribution in [2.45, 2.75) is 38.8 Å². The summed E-state index contributed by atoms with van der Waals surface area (Å²) in [6, 6.07) is 2.29. The van der Waals surface area contributed by atoms with E-state index in [1.54, 1.807) is 6.20 Å². The molecule has 2 atom stereocenters. The number of hydrogen-bond acceptors (Lipinski definition) is 4. The van der Waals surface area contributed by atoms with Gasteiger partial charge in [0.05, 0.1) is 18.3 Å². The third-order valence-corrected chi connectivity index (χ3v) is 2.69. The van der Waals surface area contributed by atoms with Gasteiger partial charge in [0.15, 0.2) is 0 Å². The molecule has 0 aromatic carbocycles. The molecule has 1 aromatic heterocycles. The molecule has 0 amide bonds. The van der Waals surface area contributed by atoms with E-state index >= 15 is 0 Å². The summed E-state index contributed by atoms with van der Waals surface area (Å²) in [4.78, 5) is 0.